The molecule has 4 heteroatoms. The minimum absolute atomic E-state index is 0.458. The number of benzene rings is 1. The Hall–Kier alpha value is 0.200. The zero-order valence-electron chi connectivity index (χ0n) is 5.27. The SMILES string of the molecule is O=C(Cl)c1cc(Cl)ccc1I. The standard InChI is InChI=1S/C7H3Cl2IO/c8-4-1-2-6(10)5(3-4)7(9)11/h1-3H. The summed E-state index contributed by atoms with van der Waals surface area (Å²) in [5, 5.41) is 0.0475. The van der Waals surface area contributed by atoms with E-state index in [9.17, 15) is 4.79 Å². The molecule has 0 aliphatic rings. The van der Waals surface area contributed by atoms with E-state index >= 15 is 0 Å². The summed E-state index contributed by atoms with van der Waals surface area (Å²) < 4.78 is 0.812. The lowest BCUT2D eigenvalue weighted by Crippen LogP contribution is -1.91. The van der Waals surface area contributed by atoms with E-state index in [-0.39, 0.29) is 0 Å². The normalized spacial score (nSPS) is 9.73. The highest BCUT2D eigenvalue weighted by Crippen LogP contribution is 2.19. The Morgan fingerprint density at radius 1 is 1.45 bits per heavy atom. The molecular weight excluding hydrogens is 298 g/mol. The average molecular weight is 301 g/mol. The molecule has 0 fully saturated rings. The summed E-state index contributed by atoms with van der Waals surface area (Å²) in [7, 11) is 0. The molecule has 1 aromatic rings. The van der Waals surface area contributed by atoms with Gasteiger partial charge in [-0.25, -0.2) is 0 Å². The molecule has 1 nitrogen and oxygen atoms in total. The fraction of sp³-hybridized carbons (Fsp3) is 0. The number of hydrogen-bond donors (Lipinski definition) is 0. The number of halogens is 3. The van der Waals surface area contributed by atoms with Crippen molar-refractivity contribution in [3.05, 3.63) is 32.4 Å². The summed E-state index contributed by atoms with van der Waals surface area (Å²) in [6, 6.07) is 5.02. The van der Waals surface area contributed by atoms with Crippen molar-refractivity contribution in [3.63, 3.8) is 0 Å². The summed E-state index contributed by atoms with van der Waals surface area (Å²) >= 11 is 13.0. The third kappa shape index (κ3) is 2.32. The maximum absolute atomic E-state index is 10.7. The molecule has 1 aromatic carbocycles. The van der Waals surface area contributed by atoms with Crippen molar-refractivity contribution in [3.8, 4) is 0 Å². The highest BCUT2D eigenvalue weighted by molar-refractivity contribution is 14.1. The Morgan fingerprint density at radius 2 is 2.09 bits per heavy atom. The Balaban J connectivity index is 3.23. The second-order valence-electron chi connectivity index (χ2n) is 1.90. The molecule has 0 aliphatic carbocycles. The van der Waals surface area contributed by atoms with Crippen molar-refractivity contribution in [1.29, 1.82) is 0 Å². The van der Waals surface area contributed by atoms with Crippen molar-refractivity contribution in [2.24, 2.45) is 0 Å². The zero-order valence-corrected chi connectivity index (χ0v) is 8.94. The molecule has 0 bridgehead atoms. The molecule has 0 N–H and O–H groups in total. The molecular formula is C7H3Cl2IO. The van der Waals surface area contributed by atoms with E-state index in [2.05, 4.69) is 0 Å². The quantitative estimate of drug-likeness (QED) is 0.574. The summed E-state index contributed by atoms with van der Waals surface area (Å²) in [4.78, 5) is 10.7. The van der Waals surface area contributed by atoms with Gasteiger partial charge >= 0.3 is 0 Å². The lowest BCUT2D eigenvalue weighted by Gasteiger charge is -1.97. The van der Waals surface area contributed by atoms with Crippen LogP contribution in [0.15, 0.2) is 18.2 Å². The van der Waals surface area contributed by atoms with E-state index in [1.807, 2.05) is 22.6 Å². The zero-order chi connectivity index (χ0) is 8.43. The fourth-order valence-electron chi connectivity index (χ4n) is 0.648. The molecule has 0 saturated heterocycles. The summed E-state index contributed by atoms with van der Waals surface area (Å²) in [5.41, 5.74) is 0.458. The van der Waals surface area contributed by atoms with Crippen molar-refractivity contribution in [2.75, 3.05) is 0 Å². The Bertz CT molecular complexity index is 298. The van der Waals surface area contributed by atoms with Crippen LogP contribution in [0.5, 0.6) is 0 Å². The van der Waals surface area contributed by atoms with Gasteiger partial charge in [-0.3, -0.25) is 4.79 Å². The van der Waals surface area contributed by atoms with Gasteiger partial charge in [0.1, 0.15) is 0 Å². The van der Waals surface area contributed by atoms with E-state index in [4.69, 9.17) is 23.2 Å². The molecule has 0 radical (unpaired) electrons. The Labute approximate surface area is 87.8 Å². The molecule has 11 heavy (non-hydrogen) atoms. The minimum Gasteiger partial charge on any atom is -0.276 e. The number of rotatable bonds is 1. The fourth-order valence-corrected chi connectivity index (χ4v) is 1.72. The van der Waals surface area contributed by atoms with Crippen LogP contribution in [0.25, 0.3) is 0 Å². The lowest BCUT2D eigenvalue weighted by molar-refractivity contribution is 0.108. The molecule has 0 spiro atoms. The first kappa shape index (κ1) is 9.29. The van der Waals surface area contributed by atoms with Crippen LogP contribution >= 0.6 is 45.8 Å². The van der Waals surface area contributed by atoms with Crippen LogP contribution in [0.1, 0.15) is 10.4 Å². The largest absolute Gasteiger partial charge is 0.276 e. The molecule has 1 rings (SSSR count). The number of hydrogen-bond acceptors (Lipinski definition) is 1. The summed E-state index contributed by atoms with van der Waals surface area (Å²) in [5.74, 6) is 0. The second kappa shape index (κ2) is 3.74. The van der Waals surface area contributed by atoms with Gasteiger partial charge in [0.25, 0.3) is 5.24 Å². The molecule has 0 unspecified atom stereocenters. The van der Waals surface area contributed by atoms with E-state index in [1.165, 1.54) is 0 Å². The maximum atomic E-state index is 10.7. The number of carbonyl (C=O) groups excluding carboxylic acids is 1. The van der Waals surface area contributed by atoms with Gasteiger partial charge in [-0.2, -0.15) is 0 Å². The molecule has 0 heterocycles. The summed E-state index contributed by atoms with van der Waals surface area (Å²) in [6.07, 6.45) is 0. The van der Waals surface area contributed by atoms with Gasteiger partial charge in [-0.05, 0) is 52.4 Å². The molecule has 0 atom stereocenters. The monoisotopic (exact) mass is 300 g/mol. The van der Waals surface area contributed by atoms with Crippen LogP contribution in [0, 0.1) is 3.57 Å². The third-order valence-electron chi connectivity index (χ3n) is 1.14. The van der Waals surface area contributed by atoms with Gasteiger partial charge in [-0.15, -0.1) is 0 Å². The van der Waals surface area contributed by atoms with Gasteiger partial charge in [0, 0.05) is 14.2 Å². The minimum atomic E-state index is -0.475. The number of carbonyl (C=O) groups is 1. The van der Waals surface area contributed by atoms with Gasteiger partial charge in [0.15, 0.2) is 0 Å². The highest BCUT2D eigenvalue weighted by Gasteiger charge is 2.06. The van der Waals surface area contributed by atoms with Crippen LogP contribution in [-0.2, 0) is 0 Å². The molecule has 0 aromatic heterocycles. The van der Waals surface area contributed by atoms with E-state index in [0.717, 1.165) is 3.57 Å². The van der Waals surface area contributed by atoms with Crippen molar-refractivity contribution >= 4 is 51.0 Å². The predicted octanol–water partition coefficient (Wildman–Crippen LogP) is 3.32. The van der Waals surface area contributed by atoms with Gasteiger partial charge in [0.2, 0.25) is 0 Å². The van der Waals surface area contributed by atoms with Gasteiger partial charge in [0.05, 0.1) is 0 Å². The van der Waals surface area contributed by atoms with Crippen molar-refractivity contribution in [1.82, 2.24) is 0 Å². The molecule has 58 valence electrons. The smallest absolute Gasteiger partial charge is 0.253 e. The molecule has 0 amide bonds. The van der Waals surface area contributed by atoms with Crippen LogP contribution in [0.3, 0.4) is 0 Å². The van der Waals surface area contributed by atoms with Gasteiger partial charge in [-0.1, -0.05) is 11.6 Å². The first-order chi connectivity index (χ1) is 5.11. The van der Waals surface area contributed by atoms with Crippen LogP contribution in [0.4, 0.5) is 0 Å². The predicted molar refractivity (Wildman–Crippen MR) is 54.4 cm³/mol. The molecule has 0 saturated carbocycles. The average Bonchev–Trinajstić information content (AvgIpc) is 1.94. The van der Waals surface area contributed by atoms with Gasteiger partial charge < -0.3 is 0 Å². The Morgan fingerprint density at radius 3 is 2.55 bits per heavy atom. The van der Waals surface area contributed by atoms with Crippen LogP contribution in [0.2, 0.25) is 5.02 Å². The van der Waals surface area contributed by atoms with Crippen LogP contribution in [-0.4, -0.2) is 5.24 Å². The van der Waals surface area contributed by atoms with Crippen molar-refractivity contribution in [2.45, 2.75) is 0 Å². The van der Waals surface area contributed by atoms with Crippen molar-refractivity contribution < 1.29 is 4.79 Å². The lowest BCUT2D eigenvalue weighted by atomic mass is 10.2. The third-order valence-corrected chi connectivity index (χ3v) is 2.52. The van der Waals surface area contributed by atoms with E-state index < -0.39 is 5.24 Å². The Kier molecular flexibility index (Phi) is 3.16. The maximum Gasteiger partial charge on any atom is 0.253 e. The highest BCUT2D eigenvalue weighted by atomic mass is 127. The molecule has 0 aliphatic heterocycles. The first-order valence-corrected chi connectivity index (χ1v) is 4.59. The van der Waals surface area contributed by atoms with E-state index in [1.54, 1.807) is 18.2 Å². The summed E-state index contributed by atoms with van der Waals surface area (Å²) in [6.45, 7) is 0. The van der Waals surface area contributed by atoms with Crippen LogP contribution < -0.4 is 0 Å². The topological polar surface area (TPSA) is 17.1 Å². The second-order valence-corrected chi connectivity index (χ2v) is 3.84. The first-order valence-electron chi connectivity index (χ1n) is 2.76. The van der Waals surface area contributed by atoms with E-state index in [0.29, 0.717) is 10.6 Å².